The van der Waals surface area contributed by atoms with E-state index in [9.17, 15) is 0 Å². The molecular formula is C23H28B4S2. The molecule has 3 aromatic rings. The summed E-state index contributed by atoms with van der Waals surface area (Å²) >= 11 is 9.64. The topological polar surface area (TPSA) is 0 Å². The summed E-state index contributed by atoms with van der Waals surface area (Å²) in [6, 6.07) is 6.91. The Morgan fingerprint density at radius 3 is 1.48 bits per heavy atom. The van der Waals surface area contributed by atoms with Crippen LogP contribution in [-0.4, -0.2) is 31.4 Å². The van der Waals surface area contributed by atoms with E-state index in [-0.39, 0.29) is 0 Å². The van der Waals surface area contributed by atoms with Gasteiger partial charge in [-0.05, 0) is 74.1 Å². The van der Waals surface area contributed by atoms with Gasteiger partial charge >= 0.3 is 0 Å². The molecule has 0 N–H and O–H groups in total. The fraction of sp³-hybridized carbons (Fsp3) is 0.217. The first-order valence-corrected chi connectivity index (χ1v) is 11.1. The predicted molar refractivity (Wildman–Crippen MR) is 148 cm³/mol. The van der Waals surface area contributed by atoms with Gasteiger partial charge in [-0.1, -0.05) is 50.7 Å². The van der Waals surface area contributed by atoms with E-state index in [0.717, 1.165) is 9.79 Å². The van der Waals surface area contributed by atoms with Crippen LogP contribution in [0.3, 0.4) is 0 Å². The first-order valence-electron chi connectivity index (χ1n) is 10.2. The lowest BCUT2D eigenvalue weighted by Gasteiger charge is -2.22. The number of hydrogen-bond acceptors (Lipinski definition) is 2. The zero-order valence-corrected chi connectivity index (χ0v) is 20.9. The Hall–Kier alpha value is -1.38. The normalized spacial score (nSPS) is 11.1. The third-order valence-electron chi connectivity index (χ3n) is 6.97. The van der Waals surface area contributed by atoms with E-state index in [4.69, 9.17) is 25.3 Å². The zero-order valence-electron chi connectivity index (χ0n) is 19.1. The predicted octanol–water partition coefficient (Wildman–Crippen LogP) is 0.174. The van der Waals surface area contributed by atoms with Crippen LogP contribution < -0.4 is 21.9 Å². The monoisotopic (exact) mass is 412 g/mol. The van der Waals surface area contributed by atoms with Crippen molar-refractivity contribution in [1.29, 1.82) is 0 Å². The van der Waals surface area contributed by atoms with Crippen molar-refractivity contribution in [3.8, 4) is 22.3 Å². The number of benzene rings is 3. The molecule has 0 aliphatic heterocycles. The fourth-order valence-electron chi connectivity index (χ4n) is 4.48. The van der Waals surface area contributed by atoms with Gasteiger partial charge in [-0.3, -0.25) is 0 Å². The summed E-state index contributed by atoms with van der Waals surface area (Å²) in [7, 11) is 8.83. The minimum absolute atomic E-state index is 0.968. The summed E-state index contributed by atoms with van der Waals surface area (Å²) in [5.41, 5.74) is 17.0. The summed E-state index contributed by atoms with van der Waals surface area (Å²) in [6.45, 7) is 11.1. The highest BCUT2D eigenvalue weighted by molar-refractivity contribution is 7.83. The van der Waals surface area contributed by atoms with Gasteiger partial charge in [0, 0.05) is 9.79 Å². The molecule has 0 amide bonds. The van der Waals surface area contributed by atoms with Gasteiger partial charge in [0.1, 0.15) is 31.4 Å². The SMILES string of the molecule is Bc1c(C)c(B)c(-c2cc(C)cc(-c3c(B)c(C)c(C)c(C)c3B)c2)c(S)c1S. The molecule has 0 spiro atoms. The first-order chi connectivity index (χ1) is 13.5. The second-order valence-corrected chi connectivity index (χ2v) is 9.43. The lowest BCUT2D eigenvalue weighted by molar-refractivity contribution is 1.28. The molecule has 0 bridgehead atoms. The number of rotatable bonds is 2. The highest BCUT2D eigenvalue weighted by Gasteiger charge is 2.18. The van der Waals surface area contributed by atoms with Gasteiger partial charge in [0.05, 0.1) is 0 Å². The third-order valence-corrected chi connectivity index (χ3v) is 8.15. The van der Waals surface area contributed by atoms with Gasteiger partial charge < -0.3 is 0 Å². The molecule has 0 saturated heterocycles. The van der Waals surface area contributed by atoms with Crippen LogP contribution in [0.15, 0.2) is 28.0 Å². The van der Waals surface area contributed by atoms with Gasteiger partial charge in [0.2, 0.25) is 0 Å². The molecule has 0 unspecified atom stereocenters. The second-order valence-electron chi connectivity index (χ2n) is 8.53. The molecule has 0 heterocycles. The molecule has 0 aromatic heterocycles. The molecule has 0 nitrogen and oxygen atoms in total. The molecular weight excluding hydrogens is 384 g/mol. The van der Waals surface area contributed by atoms with E-state index < -0.39 is 0 Å². The third kappa shape index (κ3) is 3.64. The standard InChI is InChI=1S/C23H28B4S2/c1-9-6-14(16-18(24)11(3)10(2)12(4)19(16)25)8-15(7-9)17-20(26)13(5)21(27)23(29)22(17)28/h6-8,28-29H,24-27H2,1-5H3. The Balaban J connectivity index is 2.37. The molecule has 3 aromatic carbocycles. The first kappa shape index (κ1) is 22.3. The largest absolute Gasteiger partial charge is 0.143 e. The maximum absolute atomic E-state index is 4.88. The molecule has 6 heteroatoms. The summed E-state index contributed by atoms with van der Waals surface area (Å²) in [5, 5.41) is 0. The average Bonchev–Trinajstić information content (AvgIpc) is 2.67. The minimum atomic E-state index is 0.968. The molecule has 29 heavy (non-hydrogen) atoms. The van der Waals surface area contributed by atoms with Crippen molar-refractivity contribution in [2.75, 3.05) is 0 Å². The molecule has 0 radical (unpaired) electrons. The van der Waals surface area contributed by atoms with Crippen LogP contribution in [0.25, 0.3) is 22.3 Å². The maximum atomic E-state index is 4.88. The summed E-state index contributed by atoms with van der Waals surface area (Å²) in [5.74, 6) is 0. The van der Waals surface area contributed by atoms with Crippen LogP contribution in [0, 0.1) is 34.6 Å². The second kappa shape index (κ2) is 8.04. The van der Waals surface area contributed by atoms with E-state index in [1.807, 2.05) is 0 Å². The molecule has 0 fully saturated rings. The van der Waals surface area contributed by atoms with Crippen molar-refractivity contribution < 1.29 is 0 Å². The van der Waals surface area contributed by atoms with Gasteiger partial charge in [-0.15, -0.1) is 25.3 Å². The van der Waals surface area contributed by atoms with E-state index in [0.29, 0.717) is 0 Å². The van der Waals surface area contributed by atoms with E-state index in [2.05, 4.69) is 84.2 Å². The summed E-state index contributed by atoms with van der Waals surface area (Å²) in [4.78, 5) is 1.94. The number of thiol groups is 2. The van der Waals surface area contributed by atoms with Crippen LogP contribution >= 0.6 is 25.3 Å². The average molecular weight is 412 g/mol. The zero-order chi connectivity index (χ0) is 21.8. The molecule has 144 valence electrons. The van der Waals surface area contributed by atoms with Crippen molar-refractivity contribution in [2.24, 2.45) is 0 Å². The molecule has 0 saturated carbocycles. The van der Waals surface area contributed by atoms with Crippen LogP contribution in [0.5, 0.6) is 0 Å². The van der Waals surface area contributed by atoms with Crippen molar-refractivity contribution in [3.63, 3.8) is 0 Å². The quantitative estimate of drug-likeness (QED) is 0.436. The molecule has 3 rings (SSSR count). The fourth-order valence-corrected chi connectivity index (χ4v) is 5.22. The Morgan fingerprint density at radius 2 is 0.966 bits per heavy atom. The smallest absolute Gasteiger partial charge is 0.141 e. The number of aryl methyl sites for hydroxylation is 1. The van der Waals surface area contributed by atoms with Gasteiger partial charge in [0.15, 0.2) is 0 Å². The highest BCUT2D eigenvalue weighted by Crippen LogP contribution is 2.33. The van der Waals surface area contributed by atoms with E-state index >= 15 is 0 Å². The van der Waals surface area contributed by atoms with Gasteiger partial charge in [-0.25, -0.2) is 0 Å². The van der Waals surface area contributed by atoms with Gasteiger partial charge in [-0.2, -0.15) is 0 Å². The van der Waals surface area contributed by atoms with Crippen LogP contribution in [0.1, 0.15) is 27.8 Å². The molecule has 0 aliphatic carbocycles. The van der Waals surface area contributed by atoms with E-state index in [1.54, 1.807) is 0 Å². The van der Waals surface area contributed by atoms with Crippen LogP contribution in [-0.2, 0) is 0 Å². The Kier molecular flexibility index (Phi) is 6.18. The molecule has 0 atom stereocenters. The van der Waals surface area contributed by atoms with Gasteiger partial charge in [0.25, 0.3) is 0 Å². The lowest BCUT2D eigenvalue weighted by atomic mass is 9.71. The minimum Gasteiger partial charge on any atom is -0.143 e. The van der Waals surface area contributed by atoms with E-state index in [1.165, 1.54) is 71.9 Å². The Labute approximate surface area is 190 Å². The highest BCUT2D eigenvalue weighted by atomic mass is 32.1. The Morgan fingerprint density at radius 1 is 0.517 bits per heavy atom. The van der Waals surface area contributed by atoms with Crippen LogP contribution in [0.4, 0.5) is 0 Å². The van der Waals surface area contributed by atoms with Crippen molar-refractivity contribution in [1.82, 2.24) is 0 Å². The van der Waals surface area contributed by atoms with Crippen molar-refractivity contribution in [3.05, 3.63) is 46.0 Å². The maximum Gasteiger partial charge on any atom is 0.141 e. The molecule has 0 aliphatic rings. The number of hydrogen-bond donors (Lipinski definition) is 2. The summed E-state index contributed by atoms with van der Waals surface area (Å²) in [6.07, 6.45) is 0. The van der Waals surface area contributed by atoms with Crippen molar-refractivity contribution >= 4 is 78.5 Å². The van der Waals surface area contributed by atoms with Crippen LogP contribution in [0.2, 0.25) is 0 Å². The Bertz CT molecular complexity index is 1020. The summed E-state index contributed by atoms with van der Waals surface area (Å²) < 4.78 is 0. The lowest BCUT2D eigenvalue weighted by Crippen LogP contribution is -2.26. The van der Waals surface area contributed by atoms with Crippen molar-refractivity contribution in [2.45, 2.75) is 44.4 Å².